The summed E-state index contributed by atoms with van der Waals surface area (Å²) in [6.45, 7) is 3.36. The first-order valence-corrected chi connectivity index (χ1v) is 16.9. The molecule has 0 saturated carbocycles. The van der Waals surface area contributed by atoms with Gasteiger partial charge in [-0.05, 0) is 54.7 Å². The van der Waals surface area contributed by atoms with Crippen molar-refractivity contribution in [1.82, 2.24) is 14.9 Å². The van der Waals surface area contributed by atoms with E-state index in [2.05, 4.69) is 15.4 Å². The van der Waals surface area contributed by atoms with E-state index in [4.69, 9.17) is 21.9 Å². The van der Waals surface area contributed by atoms with E-state index < -0.39 is 48.5 Å². The molecule has 0 heterocycles. The number of amides is 2. The van der Waals surface area contributed by atoms with Gasteiger partial charge in [-0.25, -0.2) is 17.8 Å². The van der Waals surface area contributed by atoms with E-state index in [1.54, 1.807) is 24.3 Å². The standard InChI is InChI=1S/C27H40ClN4O9PS/c1-19(2)17-32(43(38,39)23-13-11-21(29)12-14-23)22(18-41-42(35,36)37)9-6-7-15-30-26(33)25(31-27(34)40-3)16-20-8-4-5-10-24(20)28/h4-5,8,10-14,19,22,25H,6-7,9,15-18,29H2,1-3H3,(H,30,33)(H,31,34)(H2,35,36,37). The molecule has 0 aliphatic rings. The maximum atomic E-state index is 13.6. The Balaban J connectivity index is 2.12. The summed E-state index contributed by atoms with van der Waals surface area (Å²) in [7, 11) is -7.79. The van der Waals surface area contributed by atoms with Gasteiger partial charge in [0, 0.05) is 36.3 Å². The zero-order valence-corrected chi connectivity index (χ0v) is 26.8. The van der Waals surface area contributed by atoms with Gasteiger partial charge in [0.25, 0.3) is 0 Å². The van der Waals surface area contributed by atoms with Gasteiger partial charge >= 0.3 is 13.9 Å². The molecule has 0 aliphatic heterocycles. The lowest BCUT2D eigenvalue weighted by Crippen LogP contribution is -2.48. The zero-order chi connectivity index (χ0) is 32.2. The predicted octanol–water partition coefficient (Wildman–Crippen LogP) is 3.30. The number of nitrogen functional groups attached to an aromatic ring is 1. The fourth-order valence-electron chi connectivity index (χ4n) is 4.21. The molecule has 2 amide bonds. The number of nitrogens with one attached hydrogen (secondary N) is 2. The summed E-state index contributed by atoms with van der Waals surface area (Å²) in [5.41, 5.74) is 6.75. The first kappa shape index (κ1) is 36.5. The van der Waals surface area contributed by atoms with E-state index in [0.717, 1.165) is 0 Å². The highest BCUT2D eigenvalue weighted by Gasteiger charge is 2.33. The molecule has 2 aromatic carbocycles. The van der Waals surface area contributed by atoms with Crippen LogP contribution in [-0.2, 0) is 35.1 Å². The number of ether oxygens (including phenoxy) is 1. The van der Waals surface area contributed by atoms with E-state index in [0.29, 0.717) is 29.1 Å². The Labute approximate surface area is 257 Å². The third-order valence-electron chi connectivity index (χ3n) is 6.31. The number of halogens is 1. The lowest BCUT2D eigenvalue weighted by molar-refractivity contribution is -0.123. The molecule has 0 aromatic heterocycles. The van der Waals surface area contributed by atoms with E-state index in [1.807, 2.05) is 13.8 Å². The Morgan fingerprint density at radius 1 is 1.09 bits per heavy atom. The number of methoxy groups -OCH3 is 1. The second-order valence-electron chi connectivity index (χ2n) is 10.2. The van der Waals surface area contributed by atoms with Crippen molar-refractivity contribution in [2.75, 3.05) is 32.5 Å². The van der Waals surface area contributed by atoms with E-state index in [9.17, 15) is 32.4 Å². The number of unbranched alkanes of at least 4 members (excludes halogenated alkanes) is 1. The molecule has 0 saturated heterocycles. The summed E-state index contributed by atoms with van der Waals surface area (Å²) in [5, 5.41) is 5.69. The van der Waals surface area contributed by atoms with Crippen LogP contribution in [0.1, 0.15) is 38.7 Å². The number of anilines is 1. The fourth-order valence-corrected chi connectivity index (χ4v) is 6.59. The molecule has 0 fully saturated rings. The number of sulfonamides is 1. The van der Waals surface area contributed by atoms with Crippen LogP contribution in [-0.4, -0.2) is 73.4 Å². The number of carbonyl (C=O) groups excluding carboxylic acids is 2. The van der Waals surface area contributed by atoms with Gasteiger partial charge in [0.15, 0.2) is 0 Å². The van der Waals surface area contributed by atoms with Crippen LogP contribution < -0.4 is 16.4 Å². The summed E-state index contributed by atoms with van der Waals surface area (Å²) in [6, 6.07) is 10.7. The van der Waals surface area contributed by atoms with Crippen molar-refractivity contribution in [3.63, 3.8) is 0 Å². The number of phosphoric ester groups is 1. The minimum Gasteiger partial charge on any atom is -0.453 e. The topological polar surface area (TPSA) is 198 Å². The lowest BCUT2D eigenvalue weighted by atomic mass is 10.0. The van der Waals surface area contributed by atoms with Crippen molar-refractivity contribution < 1.29 is 41.6 Å². The van der Waals surface area contributed by atoms with Gasteiger partial charge in [-0.2, -0.15) is 4.31 Å². The molecule has 240 valence electrons. The van der Waals surface area contributed by atoms with E-state index in [-0.39, 0.29) is 36.7 Å². The van der Waals surface area contributed by atoms with Gasteiger partial charge in [0.1, 0.15) is 6.04 Å². The molecule has 16 heteroatoms. The molecule has 2 atom stereocenters. The number of carbonyl (C=O) groups is 2. The number of phosphoric acid groups is 1. The van der Waals surface area contributed by atoms with Crippen molar-refractivity contribution >= 4 is 47.1 Å². The molecule has 2 aromatic rings. The van der Waals surface area contributed by atoms with Crippen LogP contribution in [0.15, 0.2) is 53.4 Å². The summed E-state index contributed by atoms with van der Waals surface area (Å²) in [6.07, 6.45) is 0.288. The highest BCUT2D eigenvalue weighted by Crippen LogP contribution is 2.37. The maximum Gasteiger partial charge on any atom is 0.469 e. The van der Waals surface area contributed by atoms with Crippen molar-refractivity contribution in [1.29, 1.82) is 0 Å². The lowest BCUT2D eigenvalue weighted by Gasteiger charge is -2.32. The van der Waals surface area contributed by atoms with Crippen LogP contribution in [0.4, 0.5) is 10.5 Å². The largest absolute Gasteiger partial charge is 0.469 e. The van der Waals surface area contributed by atoms with Crippen molar-refractivity contribution in [3.8, 4) is 0 Å². The highest BCUT2D eigenvalue weighted by atomic mass is 35.5. The van der Waals surface area contributed by atoms with Crippen molar-refractivity contribution in [2.45, 2.75) is 56.5 Å². The van der Waals surface area contributed by atoms with Crippen LogP contribution >= 0.6 is 19.4 Å². The van der Waals surface area contributed by atoms with E-state index in [1.165, 1.54) is 35.7 Å². The summed E-state index contributed by atoms with van der Waals surface area (Å²) >= 11 is 6.22. The normalized spacial score (nSPS) is 13.5. The van der Waals surface area contributed by atoms with Crippen LogP contribution in [0.3, 0.4) is 0 Å². The number of hydrogen-bond acceptors (Lipinski definition) is 8. The number of rotatable bonds is 17. The molecule has 0 bridgehead atoms. The molecular formula is C27H40ClN4O9PS. The second kappa shape index (κ2) is 17.0. The molecular weight excluding hydrogens is 623 g/mol. The minimum absolute atomic E-state index is 0.0153. The maximum absolute atomic E-state index is 13.6. The third kappa shape index (κ3) is 12.4. The van der Waals surface area contributed by atoms with Gasteiger partial charge in [0.05, 0.1) is 18.6 Å². The molecule has 6 N–H and O–H groups in total. The van der Waals surface area contributed by atoms with E-state index >= 15 is 0 Å². The summed E-state index contributed by atoms with van der Waals surface area (Å²) in [4.78, 5) is 43.4. The number of nitrogens with zero attached hydrogens (tertiary/aromatic N) is 1. The molecule has 2 unspecified atom stereocenters. The number of benzene rings is 2. The van der Waals surface area contributed by atoms with Gasteiger partial charge in [-0.3, -0.25) is 9.32 Å². The Bertz CT molecular complexity index is 1360. The second-order valence-corrected chi connectivity index (χ2v) is 13.8. The minimum atomic E-state index is -4.89. The smallest absolute Gasteiger partial charge is 0.453 e. The van der Waals surface area contributed by atoms with Gasteiger partial charge in [0.2, 0.25) is 15.9 Å². The molecule has 0 radical (unpaired) electrons. The number of hydrogen-bond donors (Lipinski definition) is 5. The first-order valence-electron chi connectivity index (χ1n) is 13.6. The summed E-state index contributed by atoms with van der Waals surface area (Å²) in [5.74, 6) is -0.586. The Morgan fingerprint density at radius 2 is 1.74 bits per heavy atom. The number of nitrogens with two attached hydrogens (primary N) is 1. The summed E-state index contributed by atoms with van der Waals surface area (Å²) < 4.78 is 49.3. The van der Waals surface area contributed by atoms with Crippen molar-refractivity contribution in [2.24, 2.45) is 5.92 Å². The van der Waals surface area contributed by atoms with Crippen LogP contribution in [0, 0.1) is 5.92 Å². The SMILES string of the molecule is COC(=O)NC(Cc1ccccc1Cl)C(=O)NCCCCC(COP(=O)(O)O)N(CC(C)C)S(=O)(=O)c1ccc(N)cc1. The molecule has 0 spiro atoms. The van der Waals surface area contributed by atoms with Crippen LogP contribution in [0.5, 0.6) is 0 Å². The van der Waals surface area contributed by atoms with Gasteiger partial charge in [-0.15, -0.1) is 0 Å². The average molecular weight is 663 g/mol. The molecule has 13 nitrogen and oxygen atoms in total. The Kier molecular flexibility index (Phi) is 14.4. The van der Waals surface area contributed by atoms with Crippen LogP contribution in [0.25, 0.3) is 0 Å². The van der Waals surface area contributed by atoms with Gasteiger partial charge in [-0.1, -0.05) is 50.1 Å². The predicted molar refractivity (Wildman–Crippen MR) is 163 cm³/mol. The fraction of sp³-hybridized carbons (Fsp3) is 0.481. The Morgan fingerprint density at radius 3 is 2.33 bits per heavy atom. The molecule has 0 aliphatic carbocycles. The first-order chi connectivity index (χ1) is 20.1. The highest BCUT2D eigenvalue weighted by molar-refractivity contribution is 7.89. The monoisotopic (exact) mass is 662 g/mol. The average Bonchev–Trinajstić information content (AvgIpc) is 2.93. The molecule has 43 heavy (non-hydrogen) atoms. The molecule has 2 rings (SSSR count). The van der Waals surface area contributed by atoms with Gasteiger partial charge < -0.3 is 30.9 Å². The number of alkyl carbamates (subject to hydrolysis) is 1. The quantitative estimate of drug-likeness (QED) is 0.0952. The third-order valence-corrected chi connectivity index (χ3v) is 9.10. The van der Waals surface area contributed by atoms with Crippen LogP contribution in [0.2, 0.25) is 5.02 Å². The van der Waals surface area contributed by atoms with Crippen molar-refractivity contribution in [3.05, 3.63) is 59.1 Å². The zero-order valence-electron chi connectivity index (χ0n) is 24.3. The Hall–Kier alpha value is -2.71.